The van der Waals surface area contributed by atoms with Crippen LogP contribution in [0.5, 0.6) is 0 Å². The molecule has 0 rings (SSSR count). The first kappa shape index (κ1) is 59.7. The molecule has 364 valence electrons. The number of nitrogens with one attached hydrogen (secondary N) is 2. The molecule has 0 saturated heterocycles. The quantitative estimate of drug-likeness (QED) is 0.0189. The maximum absolute atomic E-state index is 14.9. The summed E-state index contributed by atoms with van der Waals surface area (Å²) in [6.45, 7) is 4.04. The Balaban J connectivity index is 6.35. The molecule has 0 bridgehead atoms. The number of carboxylic acid groups (broad SMARTS) is 1. The van der Waals surface area contributed by atoms with Crippen LogP contribution in [-0.2, 0) is 37.8 Å². The number of primary amides is 1. The number of aliphatic carboxylic acids is 1. The van der Waals surface area contributed by atoms with E-state index in [2.05, 4.69) is 24.5 Å². The molecule has 0 fully saturated rings. The van der Waals surface area contributed by atoms with Gasteiger partial charge in [-0.05, 0) is 19.8 Å². The van der Waals surface area contributed by atoms with Crippen molar-refractivity contribution in [1.82, 2.24) is 10.6 Å². The van der Waals surface area contributed by atoms with E-state index in [9.17, 15) is 48.8 Å². The van der Waals surface area contributed by atoms with Crippen molar-refractivity contribution in [3.05, 3.63) is 0 Å². The Morgan fingerprint density at radius 3 is 1.56 bits per heavy atom. The van der Waals surface area contributed by atoms with Gasteiger partial charge in [-0.25, -0.2) is 0 Å². The number of aliphatic hydroxyl groups excluding tert-OH is 2. The van der Waals surface area contributed by atoms with E-state index in [-0.39, 0.29) is 26.0 Å². The molecule has 0 aromatic carbocycles. The number of amides is 2. The number of Topliss-reactive ketones (excluding diaryl/α,β-unsaturated/α-hetero) is 2. The molecule has 0 spiro atoms. The molecule has 0 aliphatic carbocycles. The lowest BCUT2D eigenvalue weighted by molar-refractivity contribution is -0.192. The van der Waals surface area contributed by atoms with E-state index in [4.69, 9.17) is 20.7 Å². The topological polar surface area (TPSA) is 278 Å². The van der Waals surface area contributed by atoms with Crippen molar-refractivity contribution in [2.24, 2.45) is 11.5 Å². The summed E-state index contributed by atoms with van der Waals surface area (Å²) in [5, 5.41) is 36.6. The molecule has 7 atom stereocenters. The van der Waals surface area contributed by atoms with Gasteiger partial charge in [0.2, 0.25) is 17.4 Å². The van der Waals surface area contributed by atoms with E-state index < -0.39 is 86.6 Å². The van der Waals surface area contributed by atoms with Gasteiger partial charge in [0.25, 0.3) is 0 Å². The van der Waals surface area contributed by atoms with Gasteiger partial charge >= 0.3 is 14.2 Å². The van der Waals surface area contributed by atoms with Crippen LogP contribution in [0.1, 0.15) is 201 Å². The van der Waals surface area contributed by atoms with E-state index >= 15 is 0 Å². The Bertz CT molecular complexity index is 1250. The van der Waals surface area contributed by atoms with Crippen molar-refractivity contribution in [3.8, 4) is 0 Å². The Labute approximate surface area is 373 Å². The number of rotatable bonds is 45. The fourth-order valence-electron chi connectivity index (χ4n) is 7.60. The first-order valence-electron chi connectivity index (χ1n) is 23.9. The molecule has 0 aromatic rings. The highest BCUT2D eigenvalue weighted by Gasteiger charge is 2.56. The van der Waals surface area contributed by atoms with Gasteiger partial charge in [-0.15, -0.1) is 0 Å². The Morgan fingerprint density at radius 2 is 1.16 bits per heavy atom. The summed E-state index contributed by atoms with van der Waals surface area (Å²) in [7, 11) is -3.30. The predicted octanol–water partition coefficient (Wildman–Crippen LogP) is 6.32. The molecule has 10 N–H and O–H groups in total. The fraction of sp³-hybridized carbons (Fsp3) is 0.889. The molecule has 62 heavy (non-hydrogen) atoms. The van der Waals surface area contributed by atoms with Crippen molar-refractivity contribution >= 4 is 37.6 Å². The predicted molar refractivity (Wildman–Crippen MR) is 243 cm³/mol. The number of unbranched alkanes of at least 4 members (excludes halogenated alkanes) is 23. The van der Waals surface area contributed by atoms with Gasteiger partial charge < -0.3 is 51.6 Å². The van der Waals surface area contributed by atoms with Crippen LogP contribution in [0.25, 0.3) is 0 Å². The summed E-state index contributed by atoms with van der Waals surface area (Å²) < 4.78 is 22.2. The highest BCUT2D eigenvalue weighted by Crippen LogP contribution is 2.30. The highest BCUT2D eigenvalue weighted by atomic mass is 31.1. The lowest BCUT2D eigenvalue weighted by atomic mass is 9.79. The average Bonchev–Trinajstić information content (AvgIpc) is 3.24. The second-order valence-electron chi connectivity index (χ2n) is 16.9. The van der Waals surface area contributed by atoms with E-state index in [0.717, 1.165) is 57.8 Å². The molecule has 0 aliphatic rings. The summed E-state index contributed by atoms with van der Waals surface area (Å²) >= 11 is 0. The lowest BCUT2D eigenvalue weighted by Crippen LogP contribution is -2.66. The van der Waals surface area contributed by atoms with Gasteiger partial charge in [-0.2, -0.15) is 0 Å². The van der Waals surface area contributed by atoms with Gasteiger partial charge in [0.05, 0.1) is 25.3 Å². The largest absolute Gasteiger partial charge is 0.480 e. The molecule has 0 aromatic heterocycles. The lowest BCUT2D eigenvalue weighted by Gasteiger charge is -2.40. The fourth-order valence-corrected chi connectivity index (χ4v) is 7.88. The number of carboxylic acids is 1. The number of ketones is 2. The summed E-state index contributed by atoms with van der Waals surface area (Å²) in [5.74, 6) is -5.52. The van der Waals surface area contributed by atoms with E-state index in [1.165, 1.54) is 90.4 Å². The number of nitrogens with two attached hydrogens (primary N) is 2. The van der Waals surface area contributed by atoms with Gasteiger partial charge in [-0.1, -0.05) is 168 Å². The Kier molecular flexibility index (Phi) is 36.6. The van der Waals surface area contributed by atoms with Crippen LogP contribution in [0, 0.1) is 0 Å². The first-order chi connectivity index (χ1) is 29.7. The highest BCUT2D eigenvalue weighted by molar-refractivity contribution is 7.32. The molecule has 0 radical (unpaired) electrons. The number of hydrogen-bond donors (Lipinski definition) is 8. The third-order valence-corrected chi connectivity index (χ3v) is 11.9. The second kappa shape index (κ2) is 38.0. The minimum Gasteiger partial charge on any atom is -0.480 e. The van der Waals surface area contributed by atoms with Gasteiger partial charge in [0.15, 0.2) is 11.6 Å². The summed E-state index contributed by atoms with van der Waals surface area (Å²) in [4.78, 5) is 76.1. The summed E-state index contributed by atoms with van der Waals surface area (Å²) in [5.41, 5.74) is 8.47. The van der Waals surface area contributed by atoms with Crippen LogP contribution in [0.2, 0.25) is 0 Å². The van der Waals surface area contributed by atoms with Gasteiger partial charge in [0.1, 0.15) is 18.2 Å². The minimum absolute atomic E-state index is 0.115. The zero-order chi connectivity index (χ0) is 46.6. The number of aliphatic hydroxyl groups is 2. The smallest absolute Gasteiger partial charge is 0.325 e. The molecule has 16 nitrogen and oxygen atoms in total. The van der Waals surface area contributed by atoms with Crippen molar-refractivity contribution in [3.63, 3.8) is 0 Å². The van der Waals surface area contributed by atoms with Crippen LogP contribution in [0.15, 0.2) is 0 Å². The normalized spacial score (nSPS) is 15.5. The average molecular weight is 907 g/mol. The van der Waals surface area contributed by atoms with Crippen LogP contribution in [0.4, 0.5) is 0 Å². The number of carbonyl (C=O) groups is 5. The van der Waals surface area contributed by atoms with E-state index in [1.807, 2.05) is 0 Å². The van der Waals surface area contributed by atoms with Crippen molar-refractivity contribution in [1.29, 1.82) is 0 Å². The van der Waals surface area contributed by atoms with Gasteiger partial charge in [0, 0.05) is 19.4 Å². The van der Waals surface area contributed by atoms with Crippen LogP contribution in [0.3, 0.4) is 0 Å². The Hall–Kier alpha value is -2.30. The third kappa shape index (κ3) is 27.1. The molecular weight excluding hydrogens is 819 g/mol. The SMILES string of the molecule is CCCCCCCCCCCCCCCC(=O)[C@@](OC(CC(N)C(N)=O)C(=O)N[C@@H](C)C(=O)O)(C(=O)C(CCCCCCCCCCCCCC)NCCO[PH](=O)O)[C@@H](O)CO. The molecule has 0 heterocycles. The zero-order valence-corrected chi connectivity index (χ0v) is 39.5. The molecule has 0 aliphatic heterocycles. The zero-order valence-electron chi connectivity index (χ0n) is 38.5. The third-order valence-electron chi connectivity index (χ3n) is 11.5. The van der Waals surface area contributed by atoms with Gasteiger partial charge in [-0.3, -0.25) is 28.5 Å². The van der Waals surface area contributed by atoms with Crippen molar-refractivity contribution in [2.75, 3.05) is 19.8 Å². The van der Waals surface area contributed by atoms with Crippen LogP contribution >= 0.6 is 8.25 Å². The molecular formula is C45H87N4O12P. The molecule has 17 heteroatoms. The van der Waals surface area contributed by atoms with Crippen molar-refractivity contribution in [2.45, 2.75) is 236 Å². The van der Waals surface area contributed by atoms with E-state index in [0.29, 0.717) is 19.3 Å². The molecule has 4 unspecified atom stereocenters. The van der Waals surface area contributed by atoms with Crippen LogP contribution < -0.4 is 22.1 Å². The summed E-state index contributed by atoms with van der Waals surface area (Å²) in [6, 6.07) is -4.24. The number of carbonyl (C=O) groups excluding carboxylic acids is 4. The number of ether oxygens (including phenoxy) is 1. The molecule has 2 amide bonds. The minimum atomic E-state index is -3.30. The Morgan fingerprint density at radius 1 is 0.726 bits per heavy atom. The van der Waals surface area contributed by atoms with Crippen molar-refractivity contribution < 1.29 is 58.0 Å². The van der Waals surface area contributed by atoms with Crippen LogP contribution in [-0.4, -0.2) is 105 Å². The molecule has 0 saturated carbocycles. The maximum atomic E-state index is 14.9. The second-order valence-corrected chi connectivity index (χ2v) is 17.8. The van der Waals surface area contributed by atoms with E-state index in [1.54, 1.807) is 0 Å². The number of hydrogen-bond acceptors (Lipinski definition) is 12. The first-order valence-corrected chi connectivity index (χ1v) is 25.2. The standard InChI is InChI=1S/C45H87N4O12P/c1-4-6-8-10-12-14-16-18-20-22-24-26-28-30-39(51)45(40(52)34-50,61-38(33-36(46)42(47)54)43(55)49-35(3)44(56)57)41(53)37(48-31-32-60-62(58)59)29-27-25-23-21-19-17-15-13-11-9-7-5-2/h35-38,40,48,50,52,62H,4-34,46H2,1-3H3,(H2,47,54)(H,49,55)(H,56,57)(H,58,59)/t35-,36?,37?,38?,40-,45-/m0/s1. The monoisotopic (exact) mass is 907 g/mol. The maximum Gasteiger partial charge on any atom is 0.325 e. The summed E-state index contributed by atoms with van der Waals surface area (Å²) in [6.07, 6.45) is 21.3.